The highest BCUT2D eigenvalue weighted by Crippen LogP contribution is 2.36. The molecular weight excluding hydrogens is 304 g/mol. The predicted octanol–water partition coefficient (Wildman–Crippen LogP) is 1.68. The smallest absolute Gasteiger partial charge is 0.333 e. The van der Waals surface area contributed by atoms with Gasteiger partial charge in [-0.1, -0.05) is 19.7 Å². The van der Waals surface area contributed by atoms with Gasteiger partial charge < -0.3 is 18.9 Å². The van der Waals surface area contributed by atoms with Crippen molar-refractivity contribution in [1.82, 2.24) is 0 Å². The van der Waals surface area contributed by atoms with Gasteiger partial charge in [0.25, 0.3) is 0 Å². The summed E-state index contributed by atoms with van der Waals surface area (Å²) in [6, 6.07) is 0. The van der Waals surface area contributed by atoms with Gasteiger partial charge in [0, 0.05) is 25.3 Å². The van der Waals surface area contributed by atoms with Crippen molar-refractivity contribution in [3.63, 3.8) is 0 Å². The second kappa shape index (κ2) is 8.28. The van der Waals surface area contributed by atoms with Crippen LogP contribution in [0.5, 0.6) is 0 Å². The molecule has 0 aliphatic carbocycles. The van der Waals surface area contributed by atoms with Crippen molar-refractivity contribution in [2.75, 3.05) is 7.11 Å². The van der Waals surface area contributed by atoms with Gasteiger partial charge in [-0.15, -0.1) is 0 Å². The fourth-order valence-corrected chi connectivity index (χ4v) is 1.75. The Kier molecular flexibility index (Phi) is 7.41. The summed E-state index contributed by atoms with van der Waals surface area (Å²) in [6.07, 6.45) is 1.47. The summed E-state index contributed by atoms with van der Waals surface area (Å²) < 4.78 is 20.9. The van der Waals surface area contributed by atoms with Gasteiger partial charge in [-0.05, 0) is 20.8 Å². The number of hydrogen-bond donors (Lipinski definition) is 0. The van der Waals surface area contributed by atoms with Gasteiger partial charge in [0.15, 0.2) is 6.10 Å². The van der Waals surface area contributed by atoms with Crippen molar-refractivity contribution in [1.29, 1.82) is 0 Å². The zero-order valence-corrected chi connectivity index (χ0v) is 13.8. The molecule has 0 spiro atoms. The van der Waals surface area contributed by atoms with Crippen molar-refractivity contribution < 1.29 is 33.3 Å². The van der Waals surface area contributed by atoms with E-state index in [1.165, 1.54) is 27.9 Å². The number of methoxy groups -OCH3 is 1. The molecule has 0 aromatic rings. The summed E-state index contributed by atoms with van der Waals surface area (Å²) in [7, 11) is 1.32. The van der Waals surface area contributed by atoms with Crippen molar-refractivity contribution in [2.24, 2.45) is 0 Å². The van der Waals surface area contributed by atoms with Crippen LogP contribution in [0.25, 0.3) is 0 Å². The van der Waals surface area contributed by atoms with Gasteiger partial charge in [-0.3, -0.25) is 0 Å². The van der Waals surface area contributed by atoms with Gasteiger partial charge in [-0.2, -0.15) is 0 Å². The van der Waals surface area contributed by atoms with E-state index >= 15 is 0 Å². The van der Waals surface area contributed by atoms with Crippen molar-refractivity contribution in [3.05, 3.63) is 38.0 Å². The third-order valence-electron chi connectivity index (χ3n) is 3.18. The molecule has 0 heterocycles. The van der Waals surface area contributed by atoms with Crippen LogP contribution in [0.3, 0.4) is 0 Å². The van der Waals surface area contributed by atoms with E-state index in [0.29, 0.717) is 0 Å². The fraction of sp³-hybridized carbons (Fsp3) is 0.438. The Hall–Kier alpha value is -2.41. The normalized spacial score (nSPS) is 12.5. The quantitative estimate of drug-likeness (QED) is 0.362. The zero-order valence-electron chi connectivity index (χ0n) is 13.8. The first-order chi connectivity index (χ1) is 10.6. The monoisotopic (exact) mass is 326 g/mol. The second-order valence-electron chi connectivity index (χ2n) is 4.92. The number of hydrogen-bond acceptors (Lipinski definition) is 7. The van der Waals surface area contributed by atoms with E-state index in [9.17, 15) is 14.4 Å². The van der Waals surface area contributed by atoms with E-state index in [2.05, 4.69) is 19.7 Å². The van der Waals surface area contributed by atoms with Crippen LogP contribution in [-0.2, 0) is 33.3 Å². The minimum atomic E-state index is -2.07. The summed E-state index contributed by atoms with van der Waals surface area (Å²) in [5.74, 6) is -4.66. The van der Waals surface area contributed by atoms with E-state index in [4.69, 9.17) is 18.9 Å². The average molecular weight is 326 g/mol. The van der Waals surface area contributed by atoms with Gasteiger partial charge in [0.2, 0.25) is 0 Å². The molecule has 1 unspecified atom stereocenters. The van der Waals surface area contributed by atoms with Crippen LogP contribution < -0.4 is 0 Å². The van der Waals surface area contributed by atoms with Crippen LogP contribution in [0.4, 0.5) is 0 Å². The topological polar surface area (TPSA) is 88.1 Å². The van der Waals surface area contributed by atoms with Gasteiger partial charge in [-0.25, -0.2) is 14.4 Å². The minimum absolute atomic E-state index is 0.793. The largest absolute Gasteiger partial charge is 0.451 e. The number of rotatable bonds is 9. The molecule has 1 atom stereocenters. The van der Waals surface area contributed by atoms with E-state index in [-0.39, 0.29) is 0 Å². The maximum Gasteiger partial charge on any atom is 0.333 e. The standard InChI is InChI=1S/C16H22O7/c1-8-12(17)21-11(4)16(15(5,6)20-7,22-13(18)9-2)23-14(19)10-3/h8-11H,1-3H2,4-7H3. The Morgan fingerprint density at radius 1 is 0.913 bits per heavy atom. The van der Waals surface area contributed by atoms with Gasteiger partial charge in [0.05, 0.1) is 0 Å². The van der Waals surface area contributed by atoms with Crippen LogP contribution >= 0.6 is 0 Å². The molecule has 0 aromatic carbocycles. The summed E-state index contributed by atoms with van der Waals surface area (Å²) >= 11 is 0. The molecule has 0 radical (unpaired) electrons. The van der Waals surface area contributed by atoms with E-state index in [1.807, 2.05) is 0 Å². The lowest BCUT2D eigenvalue weighted by Gasteiger charge is -2.45. The number of carbonyl (C=O) groups excluding carboxylic acids is 3. The average Bonchev–Trinajstić information content (AvgIpc) is 2.52. The van der Waals surface area contributed by atoms with Crippen LogP contribution in [0, 0.1) is 0 Å². The third-order valence-corrected chi connectivity index (χ3v) is 3.18. The Labute approximate surface area is 135 Å². The number of ether oxygens (including phenoxy) is 4. The number of carbonyl (C=O) groups is 3. The molecular formula is C16H22O7. The molecule has 0 fully saturated rings. The predicted molar refractivity (Wildman–Crippen MR) is 82.1 cm³/mol. The van der Waals surface area contributed by atoms with Crippen LogP contribution in [0.2, 0.25) is 0 Å². The Morgan fingerprint density at radius 2 is 1.30 bits per heavy atom. The fourth-order valence-electron chi connectivity index (χ4n) is 1.75. The molecule has 0 aliphatic heterocycles. The summed E-state index contributed by atoms with van der Waals surface area (Å²) in [4.78, 5) is 35.0. The first-order valence-electron chi connectivity index (χ1n) is 6.69. The molecule has 23 heavy (non-hydrogen) atoms. The SMILES string of the molecule is C=CC(=O)OC(C)C(OC(=O)C=C)(OC(=O)C=C)C(C)(C)OC. The Balaban J connectivity index is 6.09. The summed E-state index contributed by atoms with van der Waals surface area (Å²) in [6.45, 7) is 14.2. The maximum atomic E-state index is 11.7. The number of esters is 3. The van der Waals surface area contributed by atoms with E-state index < -0.39 is 35.4 Å². The first-order valence-corrected chi connectivity index (χ1v) is 6.69. The van der Waals surface area contributed by atoms with Crippen molar-refractivity contribution in [3.8, 4) is 0 Å². The van der Waals surface area contributed by atoms with Crippen molar-refractivity contribution in [2.45, 2.75) is 38.3 Å². The molecule has 0 bridgehead atoms. The molecule has 0 saturated carbocycles. The molecule has 7 nitrogen and oxygen atoms in total. The first kappa shape index (κ1) is 20.6. The van der Waals surface area contributed by atoms with Crippen LogP contribution in [0.1, 0.15) is 20.8 Å². The maximum absolute atomic E-state index is 11.7. The molecule has 128 valence electrons. The summed E-state index contributed by atoms with van der Waals surface area (Å²) in [5.41, 5.74) is -1.37. The zero-order chi connectivity index (χ0) is 18.3. The lowest BCUT2D eigenvalue weighted by molar-refractivity contribution is -0.318. The molecule has 0 aliphatic rings. The van der Waals surface area contributed by atoms with E-state index in [0.717, 1.165) is 18.2 Å². The second-order valence-corrected chi connectivity index (χ2v) is 4.92. The Bertz CT molecular complexity index is 483. The van der Waals surface area contributed by atoms with Crippen LogP contribution in [0.15, 0.2) is 38.0 Å². The van der Waals surface area contributed by atoms with Crippen molar-refractivity contribution >= 4 is 17.9 Å². The molecule has 0 aromatic heterocycles. The lowest BCUT2D eigenvalue weighted by Crippen LogP contribution is -2.64. The Morgan fingerprint density at radius 3 is 1.61 bits per heavy atom. The van der Waals surface area contributed by atoms with Gasteiger partial charge >= 0.3 is 23.7 Å². The minimum Gasteiger partial charge on any atom is -0.451 e. The van der Waals surface area contributed by atoms with E-state index in [1.54, 1.807) is 0 Å². The highest BCUT2D eigenvalue weighted by molar-refractivity contribution is 5.84. The van der Waals surface area contributed by atoms with Crippen LogP contribution in [-0.4, -0.2) is 42.5 Å². The molecule has 0 saturated heterocycles. The molecule has 0 N–H and O–H groups in total. The molecule has 0 amide bonds. The highest BCUT2D eigenvalue weighted by Gasteiger charge is 2.58. The lowest BCUT2D eigenvalue weighted by atomic mass is 9.91. The van der Waals surface area contributed by atoms with Gasteiger partial charge in [0.1, 0.15) is 5.60 Å². The molecule has 7 heteroatoms. The highest BCUT2D eigenvalue weighted by atomic mass is 16.8. The third kappa shape index (κ3) is 4.79. The molecule has 0 rings (SSSR count). The summed E-state index contributed by atoms with van der Waals surface area (Å²) in [5, 5.41) is 0.